The molecule has 6 heteroatoms. The molecule has 0 fully saturated rings. The van der Waals surface area contributed by atoms with Gasteiger partial charge in [0.25, 0.3) is 5.91 Å². The number of carbonyl (C=O) groups excluding carboxylic acids is 2. The van der Waals surface area contributed by atoms with E-state index >= 15 is 0 Å². The molecule has 0 aromatic heterocycles. The maximum atomic E-state index is 12.5. The maximum Gasteiger partial charge on any atom is 0.328 e. The molecule has 0 radical (unpaired) electrons. The first-order valence-electron chi connectivity index (χ1n) is 8.30. The summed E-state index contributed by atoms with van der Waals surface area (Å²) in [5.74, 6) is -1.06. The van der Waals surface area contributed by atoms with Gasteiger partial charge in [0.2, 0.25) is 0 Å². The summed E-state index contributed by atoms with van der Waals surface area (Å²) in [5, 5.41) is 3.09. The largest absolute Gasteiger partial charge is 0.467 e. The van der Waals surface area contributed by atoms with Crippen molar-refractivity contribution in [2.24, 2.45) is 0 Å². The smallest absolute Gasteiger partial charge is 0.328 e. The molecule has 0 heterocycles. The van der Waals surface area contributed by atoms with Gasteiger partial charge in [0.05, 0.1) is 22.7 Å². The summed E-state index contributed by atoms with van der Waals surface area (Å²) in [7, 11) is 1.28. The highest BCUT2D eigenvalue weighted by molar-refractivity contribution is 6.39. The summed E-state index contributed by atoms with van der Waals surface area (Å²) in [6.07, 6.45) is 0.306. The van der Waals surface area contributed by atoms with Crippen molar-refractivity contribution in [1.29, 1.82) is 0 Å². The minimum Gasteiger partial charge on any atom is -0.467 e. The zero-order chi connectivity index (χ0) is 19.7. The Morgan fingerprint density at radius 1 is 1.04 bits per heavy atom. The number of methoxy groups -OCH3 is 1. The van der Waals surface area contributed by atoms with Crippen LogP contribution < -0.4 is 5.32 Å². The van der Waals surface area contributed by atoms with Crippen molar-refractivity contribution >= 4 is 35.1 Å². The molecule has 2 aromatic rings. The molecule has 0 bridgehead atoms. The van der Waals surface area contributed by atoms with E-state index in [0.29, 0.717) is 6.42 Å². The second-order valence-electron chi connectivity index (χ2n) is 5.34. The third-order valence-electron chi connectivity index (χ3n) is 3.54. The lowest BCUT2D eigenvalue weighted by Crippen LogP contribution is -2.43. The van der Waals surface area contributed by atoms with Crippen LogP contribution in [0.5, 0.6) is 0 Å². The highest BCUT2D eigenvalue weighted by Gasteiger charge is 2.24. The molecule has 1 atom stereocenters. The van der Waals surface area contributed by atoms with E-state index in [0.717, 1.165) is 11.1 Å². The molecule has 26 heavy (non-hydrogen) atoms. The Labute approximate surface area is 164 Å². The maximum absolute atomic E-state index is 12.5. The number of aryl methyl sites for hydroxylation is 1. The predicted molar refractivity (Wildman–Crippen MR) is 106 cm³/mol. The van der Waals surface area contributed by atoms with Crippen molar-refractivity contribution in [2.45, 2.75) is 33.2 Å². The average Bonchev–Trinajstić information content (AvgIpc) is 2.64. The normalized spacial score (nSPS) is 11.0. The lowest BCUT2D eigenvalue weighted by molar-refractivity contribution is -0.142. The molecule has 140 valence electrons. The third-order valence-corrected chi connectivity index (χ3v) is 4.17. The van der Waals surface area contributed by atoms with Gasteiger partial charge in [-0.1, -0.05) is 72.9 Å². The first-order valence-corrected chi connectivity index (χ1v) is 9.06. The number of rotatable bonds is 5. The van der Waals surface area contributed by atoms with Gasteiger partial charge in [0, 0.05) is 6.42 Å². The minimum absolute atomic E-state index is 0.138. The molecule has 0 aliphatic carbocycles. The molecular weight excluding hydrogens is 373 g/mol. The molecule has 0 aliphatic heterocycles. The number of hydrogen-bond donors (Lipinski definition) is 1. The van der Waals surface area contributed by atoms with Crippen LogP contribution in [0.3, 0.4) is 0 Å². The number of amides is 1. The van der Waals surface area contributed by atoms with Crippen LogP contribution in [0.4, 0.5) is 0 Å². The van der Waals surface area contributed by atoms with E-state index in [-0.39, 0.29) is 15.6 Å². The van der Waals surface area contributed by atoms with Crippen molar-refractivity contribution in [3.63, 3.8) is 0 Å². The number of ether oxygens (including phenoxy) is 1. The summed E-state index contributed by atoms with van der Waals surface area (Å²) in [6.45, 7) is 5.97. The molecule has 1 amide bonds. The van der Waals surface area contributed by atoms with Gasteiger partial charge in [0.15, 0.2) is 0 Å². The second-order valence-corrected chi connectivity index (χ2v) is 6.15. The number of carbonyl (C=O) groups is 2. The van der Waals surface area contributed by atoms with Crippen molar-refractivity contribution < 1.29 is 14.3 Å². The van der Waals surface area contributed by atoms with Gasteiger partial charge < -0.3 is 10.1 Å². The lowest BCUT2D eigenvalue weighted by Gasteiger charge is -2.17. The molecule has 0 aliphatic rings. The predicted octanol–water partition coefficient (Wildman–Crippen LogP) is 4.84. The molecule has 0 unspecified atom stereocenters. The van der Waals surface area contributed by atoms with E-state index in [4.69, 9.17) is 27.9 Å². The van der Waals surface area contributed by atoms with Crippen LogP contribution in [-0.2, 0) is 16.0 Å². The fourth-order valence-corrected chi connectivity index (χ4v) is 2.81. The Morgan fingerprint density at radius 2 is 1.58 bits per heavy atom. The SMILES string of the molecule is CC.COC(=O)[C@H](Cc1ccc(C)cc1)NC(=O)c1c(Cl)cccc1Cl. The van der Waals surface area contributed by atoms with Crippen molar-refractivity contribution in [2.75, 3.05) is 7.11 Å². The molecule has 0 spiro atoms. The number of hydrogen-bond acceptors (Lipinski definition) is 3. The third kappa shape index (κ3) is 6.04. The molecule has 4 nitrogen and oxygen atoms in total. The van der Waals surface area contributed by atoms with Gasteiger partial charge in [-0.25, -0.2) is 4.79 Å². The fourth-order valence-electron chi connectivity index (χ4n) is 2.24. The van der Waals surface area contributed by atoms with E-state index in [1.54, 1.807) is 18.2 Å². The Hall–Kier alpha value is -2.04. The summed E-state index contributed by atoms with van der Waals surface area (Å²) in [6, 6.07) is 11.6. The van der Waals surface area contributed by atoms with Gasteiger partial charge in [0.1, 0.15) is 6.04 Å². The average molecular weight is 396 g/mol. The van der Waals surface area contributed by atoms with E-state index < -0.39 is 17.9 Å². The summed E-state index contributed by atoms with van der Waals surface area (Å²) < 4.78 is 4.79. The number of benzene rings is 2. The van der Waals surface area contributed by atoms with Gasteiger partial charge in [-0.3, -0.25) is 4.79 Å². The summed E-state index contributed by atoms with van der Waals surface area (Å²) in [4.78, 5) is 24.5. The van der Waals surface area contributed by atoms with Crippen LogP contribution >= 0.6 is 23.2 Å². The van der Waals surface area contributed by atoms with E-state index in [1.807, 2.05) is 45.0 Å². The van der Waals surface area contributed by atoms with Gasteiger partial charge in [-0.2, -0.15) is 0 Å². The van der Waals surface area contributed by atoms with Gasteiger partial charge >= 0.3 is 5.97 Å². The fraction of sp³-hybridized carbons (Fsp3) is 0.300. The minimum atomic E-state index is -0.836. The van der Waals surface area contributed by atoms with Crippen molar-refractivity contribution in [3.8, 4) is 0 Å². The molecule has 0 saturated carbocycles. The van der Waals surface area contributed by atoms with E-state index in [1.165, 1.54) is 7.11 Å². The van der Waals surface area contributed by atoms with Crippen molar-refractivity contribution in [3.05, 3.63) is 69.2 Å². The van der Waals surface area contributed by atoms with E-state index in [2.05, 4.69) is 5.32 Å². The van der Waals surface area contributed by atoms with Crippen LogP contribution in [0.2, 0.25) is 10.0 Å². The number of nitrogens with one attached hydrogen (secondary N) is 1. The molecule has 1 N–H and O–H groups in total. The number of esters is 1. The number of halogens is 2. The highest BCUT2D eigenvalue weighted by atomic mass is 35.5. The van der Waals surface area contributed by atoms with Crippen LogP contribution in [0.25, 0.3) is 0 Å². The summed E-state index contributed by atoms with van der Waals surface area (Å²) in [5.41, 5.74) is 2.15. The topological polar surface area (TPSA) is 55.4 Å². The first-order chi connectivity index (χ1) is 12.4. The molecule has 0 saturated heterocycles. The van der Waals surface area contributed by atoms with Gasteiger partial charge in [-0.15, -0.1) is 0 Å². The van der Waals surface area contributed by atoms with E-state index in [9.17, 15) is 9.59 Å². The van der Waals surface area contributed by atoms with Gasteiger partial charge in [-0.05, 0) is 24.6 Å². The Bertz CT molecular complexity index is 725. The highest BCUT2D eigenvalue weighted by Crippen LogP contribution is 2.24. The monoisotopic (exact) mass is 395 g/mol. The van der Waals surface area contributed by atoms with Crippen LogP contribution in [0.1, 0.15) is 35.3 Å². The quantitative estimate of drug-likeness (QED) is 0.736. The molecular formula is C20H23Cl2NO3. The Morgan fingerprint density at radius 3 is 2.08 bits per heavy atom. The lowest BCUT2D eigenvalue weighted by atomic mass is 10.0. The zero-order valence-electron chi connectivity index (χ0n) is 15.3. The van der Waals surface area contributed by atoms with Crippen LogP contribution in [0.15, 0.2) is 42.5 Å². The van der Waals surface area contributed by atoms with Crippen LogP contribution in [0, 0.1) is 6.92 Å². The zero-order valence-corrected chi connectivity index (χ0v) is 16.8. The molecule has 2 rings (SSSR count). The Balaban J connectivity index is 0.00000163. The summed E-state index contributed by atoms with van der Waals surface area (Å²) >= 11 is 12.1. The Kier molecular flexibility index (Phi) is 9.17. The first kappa shape index (κ1) is 22.0. The standard InChI is InChI=1S/C18H17Cl2NO3.C2H6/c1-11-6-8-12(9-7-11)10-15(18(23)24-2)21-17(22)16-13(19)4-3-5-14(16)20;1-2/h3-9,15H,10H2,1-2H3,(H,21,22);1-2H3/t15-;/m0./s1. The second kappa shape index (κ2) is 10.8. The molecule has 2 aromatic carbocycles. The van der Waals surface area contributed by atoms with Crippen molar-refractivity contribution in [1.82, 2.24) is 5.32 Å². The van der Waals surface area contributed by atoms with Crippen LogP contribution in [-0.4, -0.2) is 25.0 Å².